The molecule has 0 aliphatic carbocycles. The van der Waals surface area contributed by atoms with Crippen LogP contribution in [-0.4, -0.2) is 22.9 Å². The summed E-state index contributed by atoms with van der Waals surface area (Å²) in [6, 6.07) is 1.93. The number of nitrogens with zero attached hydrogens (tertiary/aromatic N) is 2. The van der Waals surface area contributed by atoms with Gasteiger partial charge in [-0.25, -0.2) is 0 Å². The van der Waals surface area contributed by atoms with Crippen molar-refractivity contribution < 1.29 is 4.65 Å². The van der Waals surface area contributed by atoms with Gasteiger partial charge in [0.05, 0.1) is 5.60 Å². The van der Waals surface area contributed by atoms with E-state index in [1.807, 2.05) is 13.1 Å². The molecular formula is C11H20BN2O. The predicted octanol–water partition coefficient (Wildman–Crippen LogP) is 1.51. The van der Waals surface area contributed by atoms with Gasteiger partial charge in [-0.1, -0.05) is 20.8 Å². The van der Waals surface area contributed by atoms with E-state index in [0.29, 0.717) is 0 Å². The highest BCUT2D eigenvalue weighted by atomic mass is 16.5. The lowest BCUT2D eigenvalue weighted by molar-refractivity contribution is 0.00483. The highest BCUT2D eigenvalue weighted by Gasteiger charge is 2.33. The quantitative estimate of drug-likeness (QED) is 0.702. The maximum absolute atomic E-state index is 5.83. The first-order chi connectivity index (χ1) is 6.74. The summed E-state index contributed by atoms with van der Waals surface area (Å²) in [7, 11) is 3.68. The van der Waals surface area contributed by atoms with Gasteiger partial charge in [0.15, 0.2) is 0 Å². The van der Waals surface area contributed by atoms with Crippen LogP contribution in [0.2, 0.25) is 0 Å². The molecule has 0 bridgehead atoms. The van der Waals surface area contributed by atoms with Crippen LogP contribution in [0.1, 0.15) is 34.6 Å². The second kappa shape index (κ2) is 4.01. The number of hydrogen-bond acceptors (Lipinski definition) is 2. The summed E-state index contributed by atoms with van der Waals surface area (Å²) in [5.74, 6) is 0. The van der Waals surface area contributed by atoms with Gasteiger partial charge < -0.3 is 4.65 Å². The van der Waals surface area contributed by atoms with Crippen molar-refractivity contribution in [2.24, 2.45) is 12.5 Å². The molecular weight excluding hydrogens is 187 g/mol. The van der Waals surface area contributed by atoms with E-state index in [-0.39, 0.29) is 11.0 Å². The van der Waals surface area contributed by atoms with E-state index in [1.54, 1.807) is 18.4 Å². The zero-order chi connectivity index (χ0) is 11.7. The first-order valence-electron chi connectivity index (χ1n) is 5.23. The second-order valence-electron chi connectivity index (χ2n) is 5.38. The molecule has 1 rings (SSSR count). The zero-order valence-electron chi connectivity index (χ0n) is 10.5. The number of rotatable bonds is 3. The van der Waals surface area contributed by atoms with Crippen LogP contribution < -0.4 is 5.59 Å². The molecule has 0 fully saturated rings. The smallest absolute Gasteiger partial charge is 0.351 e. The summed E-state index contributed by atoms with van der Waals surface area (Å²) in [5, 5.41) is 4.08. The fourth-order valence-electron chi connectivity index (χ4n) is 0.884. The summed E-state index contributed by atoms with van der Waals surface area (Å²) in [6.45, 7) is 10.7. The summed E-state index contributed by atoms with van der Waals surface area (Å²) >= 11 is 0. The van der Waals surface area contributed by atoms with E-state index in [2.05, 4.69) is 39.7 Å². The molecule has 0 aliphatic heterocycles. The molecule has 3 nitrogen and oxygen atoms in total. The van der Waals surface area contributed by atoms with E-state index >= 15 is 0 Å². The minimum atomic E-state index is -0.197. The van der Waals surface area contributed by atoms with Crippen molar-refractivity contribution in [2.45, 2.75) is 40.2 Å². The molecule has 0 spiro atoms. The Balaban J connectivity index is 2.61. The molecule has 0 aromatic carbocycles. The van der Waals surface area contributed by atoms with Crippen LogP contribution in [0.5, 0.6) is 0 Å². The molecule has 4 heteroatoms. The standard InChI is InChI=1S/C11H20BN2O/c1-10(2,3)11(4,5)15-12-9-7-8-13-14(9)6/h7-8H,1-6H3. The fraction of sp³-hybridized carbons (Fsp3) is 0.727. The van der Waals surface area contributed by atoms with Crippen LogP contribution in [-0.2, 0) is 11.7 Å². The van der Waals surface area contributed by atoms with Crippen LogP contribution >= 0.6 is 0 Å². The molecule has 15 heavy (non-hydrogen) atoms. The Labute approximate surface area is 93.1 Å². The van der Waals surface area contributed by atoms with Gasteiger partial charge in [0.25, 0.3) is 0 Å². The Morgan fingerprint density at radius 1 is 1.27 bits per heavy atom. The largest absolute Gasteiger partial charge is 0.427 e. The van der Waals surface area contributed by atoms with Gasteiger partial charge in [-0.3, -0.25) is 4.68 Å². The summed E-state index contributed by atoms with van der Waals surface area (Å²) in [4.78, 5) is 0. The summed E-state index contributed by atoms with van der Waals surface area (Å²) in [6.07, 6.45) is 1.76. The van der Waals surface area contributed by atoms with Crippen molar-refractivity contribution in [3.63, 3.8) is 0 Å². The topological polar surface area (TPSA) is 27.1 Å². The number of aryl methyl sites for hydroxylation is 1. The maximum atomic E-state index is 5.83. The molecule has 0 unspecified atom stereocenters. The first-order valence-corrected chi connectivity index (χ1v) is 5.23. The SMILES string of the molecule is Cn1nccc1[B]OC(C)(C)C(C)(C)C. The van der Waals surface area contributed by atoms with Crippen LogP contribution in [0.25, 0.3) is 0 Å². The monoisotopic (exact) mass is 207 g/mol. The fourth-order valence-corrected chi connectivity index (χ4v) is 0.884. The van der Waals surface area contributed by atoms with Crippen molar-refractivity contribution in [1.29, 1.82) is 0 Å². The third-order valence-electron chi connectivity index (χ3n) is 3.14. The lowest BCUT2D eigenvalue weighted by Crippen LogP contribution is -2.43. The molecule has 1 radical (unpaired) electrons. The Bertz CT molecular complexity index is 326. The second-order valence-corrected chi connectivity index (χ2v) is 5.38. The third kappa shape index (κ3) is 2.84. The average Bonchev–Trinajstić information content (AvgIpc) is 2.46. The maximum Gasteiger partial charge on any atom is 0.351 e. The highest BCUT2D eigenvalue weighted by molar-refractivity contribution is 6.45. The third-order valence-corrected chi connectivity index (χ3v) is 3.14. The minimum Gasteiger partial charge on any atom is -0.427 e. The molecule has 0 amide bonds. The van der Waals surface area contributed by atoms with Crippen molar-refractivity contribution in [1.82, 2.24) is 9.78 Å². The molecule has 83 valence electrons. The van der Waals surface area contributed by atoms with Crippen molar-refractivity contribution in [3.05, 3.63) is 12.3 Å². The van der Waals surface area contributed by atoms with Crippen LogP contribution in [0.15, 0.2) is 12.3 Å². The minimum absolute atomic E-state index is 0.0993. The number of hydrogen-bond donors (Lipinski definition) is 0. The molecule has 0 atom stereocenters. The summed E-state index contributed by atoms with van der Waals surface area (Å²) in [5.41, 5.74) is 0.881. The van der Waals surface area contributed by atoms with Gasteiger partial charge >= 0.3 is 7.48 Å². The Morgan fingerprint density at radius 3 is 2.27 bits per heavy atom. The molecule has 1 heterocycles. The van der Waals surface area contributed by atoms with Gasteiger partial charge in [0.1, 0.15) is 0 Å². The van der Waals surface area contributed by atoms with E-state index < -0.39 is 0 Å². The van der Waals surface area contributed by atoms with Crippen molar-refractivity contribution in [2.75, 3.05) is 0 Å². The van der Waals surface area contributed by atoms with Gasteiger partial charge in [-0.05, 0) is 25.3 Å². The van der Waals surface area contributed by atoms with Gasteiger partial charge in [-0.15, -0.1) is 0 Å². The molecule has 1 aromatic rings. The van der Waals surface area contributed by atoms with Crippen molar-refractivity contribution in [3.8, 4) is 0 Å². The van der Waals surface area contributed by atoms with Crippen molar-refractivity contribution >= 4 is 13.1 Å². The summed E-state index contributed by atoms with van der Waals surface area (Å²) < 4.78 is 7.62. The molecule has 0 saturated heterocycles. The zero-order valence-corrected chi connectivity index (χ0v) is 10.5. The first kappa shape index (κ1) is 12.3. The van der Waals surface area contributed by atoms with Crippen LogP contribution in [0.4, 0.5) is 0 Å². The molecule has 0 aliphatic rings. The van der Waals surface area contributed by atoms with E-state index in [9.17, 15) is 0 Å². The van der Waals surface area contributed by atoms with Gasteiger partial charge in [-0.2, -0.15) is 5.10 Å². The van der Waals surface area contributed by atoms with Crippen LogP contribution in [0.3, 0.4) is 0 Å². The van der Waals surface area contributed by atoms with Crippen LogP contribution in [0, 0.1) is 5.41 Å². The highest BCUT2D eigenvalue weighted by Crippen LogP contribution is 2.32. The Hall–Kier alpha value is -0.765. The lowest BCUT2D eigenvalue weighted by Gasteiger charge is -2.39. The normalized spacial score (nSPS) is 12.9. The molecule has 0 saturated carbocycles. The number of aromatic nitrogens is 2. The lowest BCUT2D eigenvalue weighted by atomic mass is 9.77. The van der Waals surface area contributed by atoms with E-state index in [1.165, 1.54) is 0 Å². The van der Waals surface area contributed by atoms with Gasteiger partial charge in [0.2, 0.25) is 0 Å². The van der Waals surface area contributed by atoms with E-state index in [0.717, 1.165) is 5.59 Å². The average molecular weight is 207 g/mol. The van der Waals surface area contributed by atoms with E-state index in [4.69, 9.17) is 4.65 Å². The Morgan fingerprint density at radius 2 is 1.87 bits per heavy atom. The van der Waals surface area contributed by atoms with Gasteiger partial charge in [0, 0.05) is 18.8 Å². The predicted molar refractivity (Wildman–Crippen MR) is 63.2 cm³/mol. The molecule has 0 N–H and O–H groups in total. The molecule has 1 aromatic heterocycles. The Kier molecular flexibility index (Phi) is 3.29.